The maximum Gasteiger partial charge on any atom is 0.315 e. The summed E-state index contributed by atoms with van der Waals surface area (Å²) >= 11 is 0. The van der Waals surface area contributed by atoms with E-state index in [1.54, 1.807) is 0 Å². The van der Waals surface area contributed by atoms with E-state index in [-0.39, 0.29) is 40.9 Å². The Balaban J connectivity index is 1.81. The van der Waals surface area contributed by atoms with Crippen molar-refractivity contribution < 1.29 is 32.4 Å². The number of ketones is 1. The molecule has 2 aliphatic carbocycles. The number of primary amides is 1. The van der Waals surface area contributed by atoms with Gasteiger partial charge in [0.05, 0.1) is 11.3 Å². The molecule has 0 aromatic carbocycles. The number of nitrogens with zero attached hydrogens (tertiary/aromatic N) is 2. The van der Waals surface area contributed by atoms with Crippen molar-refractivity contribution in [3.8, 4) is 0 Å². The molecular weight excluding hydrogens is 612 g/mol. The summed E-state index contributed by atoms with van der Waals surface area (Å²) < 4.78 is 27.0. The van der Waals surface area contributed by atoms with Gasteiger partial charge in [-0.25, -0.2) is 17.5 Å². The van der Waals surface area contributed by atoms with Crippen molar-refractivity contribution in [3.63, 3.8) is 0 Å². The molecule has 0 aromatic rings. The lowest BCUT2D eigenvalue weighted by atomic mass is 9.85. The fourth-order valence-corrected chi connectivity index (χ4v) is 8.54. The van der Waals surface area contributed by atoms with E-state index >= 15 is 0 Å². The third-order valence-electron chi connectivity index (χ3n) is 9.65. The number of sulfonamides is 1. The first-order chi connectivity index (χ1) is 20.9. The van der Waals surface area contributed by atoms with E-state index in [4.69, 9.17) is 5.73 Å². The SMILES string of the molecule is CCCC(NC(=O)[C@@H]1[C@@H]2[C@H](CN1C(=O)[C@@H](NC(=O)N[C@H](CN(C)S(=O)(=O)C1CC1)CC(C)(C)C)C(C)(C)C)C2(C)C)C(=O)C(N)=O. The quantitative estimate of drug-likeness (QED) is 0.203. The van der Waals surface area contributed by atoms with Crippen LogP contribution in [0, 0.1) is 28.1 Å². The molecule has 0 aromatic heterocycles. The Morgan fingerprint density at radius 1 is 1.00 bits per heavy atom. The number of hydrogen-bond acceptors (Lipinski definition) is 7. The largest absolute Gasteiger partial charge is 0.363 e. The molecular formula is C32H56N6O7S. The standard InChI is InChI=1S/C32H56N6O7S/c1-11-12-21(24(39)26(33)40)35-27(41)23-22-20(32(22,8)9)17-38(23)28(42)25(31(5,6)7)36-29(43)34-18(15-30(2,3)4)16-37(10)46(44,45)19-13-14-19/h18-23,25H,11-17H2,1-10H3,(H2,33,40)(H,35,41)(H2,34,36,43)/t18-,20-,21?,22-,23-,25+/m0/s1. The zero-order valence-corrected chi connectivity index (χ0v) is 30.0. The van der Waals surface area contributed by atoms with Crippen molar-refractivity contribution in [1.29, 1.82) is 0 Å². The molecule has 3 fully saturated rings. The molecule has 1 unspecified atom stereocenters. The van der Waals surface area contributed by atoms with Crippen LogP contribution in [0.4, 0.5) is 4.79 Å². The predicted molar refractivity (Wildman–Crippen MR) is 175 cm³/mol. The van der Waals surface area contributed by atoms with Gasteiger partial charge in [-0.2, -0.15) is 0 Å². The molecule has 1 heterocycles. The summed E-state index contributed by atoms with van der Waals surface area (Å²) in [5.74, 6) is -3.08. The fourth-order valence-electron chi connectivity index (χ4n) is 6.91. The molecule has 0 radical (unpaired) electrons. The van der Waals surface area contributed by atoms with Crippen molar-refractivity contribution in [2.24, 2.45) is 33.8 Å². The first kappa shape index (κ1) is 37.7. The summed E-state index contributed by atoms with van der Waals surface area (Å²) in [7, 11) is -1.93. The number of nitrogens with one attached hydrogen (secondary N) is 3. The Bertz CT molecular complexity index is 1310. The minimum atomic E-state index is -3.45. The number of amides is 5. The first-order valence-corrected chi connectivity index (χ1v) is 17.9. The number of carbonyl (C=O) groups excluding carboxylic acids is 5. The molecule has 0 spiro atoms. The zero-order chi connectivity index (χ0) is 35.2. The van der Waals surface area contributed by atoms with E-state index in [1.807, 2.05) is 62.3 Å². The highest BCUT2D eigenvalue weighted by Gasteiger charge is 2.70. The van der Waals surface area contributed by atoms with Crippen LogP contribution in [0.3, 0.4) is 0 Å². The molecule has 14 heteroatoms. The van der Waals surface area contributed by atoms with Crippen LogP contribution in [0.15, 0.2) is 0 Å². The fraction of sp³-hybridized carbons (Fsp3) is 0.844. The molecule has 2 saturated carbocycles. The minimum absolute atomic E-state index is 0.0539. The van der Waals surface area contributed by atoms with Gasteiger partial charge in [0, 0.05) is 26.2 Å². The van der Waals surface area contributed by atoms with Crippen LogP contribution >= 0.6 is 0 Å². The van der Waals surface area contributed by atoms with Crippen molar-refractivity contribution in [2.75, 3.05) is 20.1 Å². The Hall–Kier alpha value is -2.74. The monoisotopic (exact) mass is 668 g/mol. The van der Waals surface area contributed by atoms with Crippen molar-refractivity contribution >= 4 is 39.6 Å². The molecule has 5 amide bonds. The Labute approximate surface area is 274 Å². The van der Waals surface area contributed by atoms with Gasteiger partial charge in [0.25, 0.3) is 5.91 Å². The van der Waals surface area contributed by atoms with Gasteiger partial charge in [-0.05, 0) is 53.8 Å². The smallest absolute Gasteiger partial charge is 0.315 e. The van der Waals surface area contributed by atoms with Crippen molar-refractivity contribution in [1.82, 2.24) is 25.2 Å². The van der Waals surface area contributed by atoms with Gasteiger partial charge in [-0.15, -0.1) is 0 Å². The highest BCUT2D eigenvalue weighted by molar-refractivity contribution is 7.90. The van der Waals surface area contributed by atoms with E-state index < -0.39 is 69.1 Å². The molecule has 1 saturated heterocycles. The molecule has 0 bridgehead atoms. The summed E-state index contributed by atoms with van der Waals surface area (Å²) in [5.41, 5.74) is 4.05. The summed E-state index contributed by atoms with van der Waals surface area (Å²) in [6, 6.07) is -4.13. The third-order valence-corrected chi connectivity index (χ3v) is 12.0. The average Bonchev–Trinajstić information content (AvgIpc) is 3.79. The van der Waals surface area contributed by atoms with E-state index in [1.165, 1.54) is 16.3 Å². The second-order valence-electron chi connectivity index (χ2n) is 16.4. The molecule has 6 atom stereocenters. The van der Waals surface area contributed by atoms with Crippen LogP contribution in [-0.2, 0) is 29.2 Å². The van der Waals surface area contributed by atoms with E-state index in [0.29, 0.717) is 32.2 Å². The number of likely N-dealkylation sites (N-methyl/N-ethyl adjacent to an activating group) is 1. The highest BCUT2D eigenvalue weighted by atomic mass is 32.2. The van der Waals surface area contributed by atoms with Crippen molar-refractivity contribution in [2.45, 2.75) is 124 Å². The predicted octanol–water partition coefficient (Wildman–Crippen LogP) is 1.75. The number of nitrogens with two attached hydrogens (primary N) is 1. The molecule has 5 N–H and O–H groups in total. The van der Waals surface area contributed by atoms with Crippen molar-refractivity contribution in [3.05, 3.63) is 0 Å². The van der Waals surface area contributed by atoms with Crippen LogP contribution < -0.4 is 21.7 Å². The van der Waals surface area contributed by atoms with Crippen LogP contribution in [-0.4, -0.2) is 96.7 Å². The van der Waals surface area contributed by atoms with Crippen LogP contribution in [0.25, 0.3) is 0 Å². The van der Waals surface area contributed by atoms with E-state index in [2.05, 4.69) is 16.0 Å². The molecule has 262 valence electrons. The number of Topliss-reactive ketones (excluding diaryl/α,β-unsaturated/α-hetero) is 1. The summed E-state index contributed by atoms with van der Waals surface area (Å²) in [6.45, 7) is 17.7. The molecule has 1 aliphatic heterocycles. The second-order valence-corrected chi connectivity index (χ2v) is 18.7. The number of likely N-dealkylation sites (tertiary alicyclic amines) is 1. The lowest BCUT2D eigenvalue weighted by molar-refractivity contribution is -0.145. The normalized spacial score (nSPS) is 24.4. The maximum atomic E-state index is 14.3. The lowest BCUT2D eigenvalue weighted by Crippen LogP contribution is -2.62. The highest BCUT2D eigenvalue weighted by Crippen LogP contribution is 2.65. The van der Waals surface area contributed by atoms with Gasteiger partial charge in [0.1, 0.15) is 12.1 Å². The average molecular weight is 669 g/mol. The number of fused-ring (bicyclic) bond motifs is 1. The first-order valence-electron chi connectivity index (χ1n) is 16.4. The molecule has 13 nitrogen and oxygen atoms in total. The summed E-state index contributed by atoms with van der Waals surface area (Å²) in [6.07, 6.45) is 2.52. The van der Waals surface area contributed by atoms with Crippen LogP contribution in [0.1, 0.15) is 94.4 Å². The lowest BCUT2D eigenvalue weighted by Gasteiger charge is -2.38. The van der Waals surface area contributed by atoms with Gasteiger partial charge >= 0.3 is 6.03 Å². The number of carbonyl (C=O) groups is 5. The van der Waals surface area contributed by atoms with E-state index in [9.17, 15) is 32.4 Å². The third kappa shape index (κ3) is 8.59. The molecule has 3 aliphatic rings. The Morgan fingerprint density at radius 3 is 2.07 bits per heavy atom. The Kier molecular flexibility index (Phi) is 11.0. The second kappa shape index (κ2) is 13.4. The Morgan fingerprint density at radius 2 is 1.59 bits per heavy atom. The molecule has 46 heavy (non-hydrogen) atoms. The number of piperidine rings is 1. The van der Waals surface area contributed by atoms with Crippen LogP contribution in [0.2, 0.25) is 0 Å². The topological polar surface area (TPSA) is 188 Å². The maximum absolute atomic E-state index is 14.3. The van der Waals surface area contributed by atoms with Gasteiger partial charge in [0.15, 0.2) is 0 Å². The van der Waals surface area contributed by atoms with Gasteiger partial charge in [0.2, 0.25) is 27.6 Å². The van der Waals surface area contributed by atoms with Crippen LogP contribution in [0.5, 0.6) is 0 Å². The number of hydrogen-bond donors (Lipinski definition) is 4. The number of rotatable bonds is 14. The van der Waals surface area contributed by atoms with Gasteiger partial charge in [-0.1, -0.05) is 68.7 Å². The van der Waals surface area contributed by atoms with E-state index in [0.717, 1.165) is 0 Å². The number of urea groups is 1. The summed E-state index contributed by atoms with van der Waals surface area (Å²) in [4.78, 5) is 67.1. The summed E-state index contributed by atoms with van der Waals surface area (Å²) in [5, 5.41) is 8.08. The van der Waals surface area contributed by atoms with Gasteiger partial charge < -0.3 is 26.6 Å². The zero-order valence-electron chi connectivity index (χ0n) is 29.2. The minimum Gasteiger partial charge on any atom is -0.363 e. The van der Waals surface area contributed by atoms with Gasteiger partial charge in [-0.3, -0.25) is 19.2 Å². The molecule has 3 rings (SSSR count).